The van der Waals surface area contributed by atoms with Crippen molar-refractivity contribution in [2.45, 2.75) is 13.1 Å². The van der Waals surface area contributed by atoms with Gasteiger partial charge in [0.25, 0.3) is 0 Å². The van der Waals surface area contributed by atoms with Gasteiger partial charge >= 0.3 is 0 Å². The fourth-order valence-electron chi connectivity index (χ4n) is 2.64. The molecule has 104 valence electrons. The quantitative estimate of drug-likeness (QED) is 0.882. The third kappa shape index (κ3) is 2.75. The fraction of sp³-hybridized carbons (Fsp3) is 0.250. The van der Waals surface area contributed by atoms with Gasteiger partial charge in [-0.05, 0) is 29.3 Å². The summed E-state index contributed by atoms with van der Waals surface area (Å²) in [4.78, 5) is 2.21. The summed E-state index contributed by atoms with van der Waals surface area (Å²) in [7, 11) is 0. The normalized spacial score (nSPS) is 14.8. The molecule has 0 amide bonds. The Kier molecular flexibility index (Phi) is 3.56. The Hall–Kier alpha value is -2.07. The van der Waals surface area contributed by atoms with Crippen molar-refractivity contribution < 1.29 is 9.50 Å². The highest BCUT2D eigenvalue weighted by atomic mass is 19.1. The predicted octanol–water partition coefficient (Wildman–Crippen LogP) is 2.64. The van der Waals surface area contributed by atoms with E-state index < -0.39 is 5.82 Å². The fourth-order valence-corrected chi connectivity index (χ4v) is 2.64. The number of nitrogens with zero attached hydrogens (tertiary/aromatic N) is 1. The molecule has 3 nitrogen and oxygen atoms in total. The van der Waals surface area contributed by atoms with Crippen molar-refractivity contribution in [3.05, 3.63) is 59.4 Å². The minimum Gasteiger partial charge on any atom is -0.508 e. The van der Waals surface area contributed by atoms with Crippen molar-refractivity contribution in [3.63, 3.8) is 0 Å². The molecule has 4 heteroatoms. The van der Waals surface area contributed by atoms with Crippen molar-refractivity contribution in [2.24, 2.45) is 0 Å². The number of halogens is 1. The van der Waals surface area contributed by atoms with E-state index in [1.54, 1.807) is 6.07 Å². The molecule has 20 heavy (non-hydrogen) atoms. The van der Waals surface area contributed by atoms with E-state index in [2.05, 4.69) is 22.3 Å². The molecular weight excluding hydrogens is 255 g/mol. The van der Waals surface area contributed by atoms with Gasteiger partial charge in [-0.2, -0.15) is 0 Å². The number of phenols is 1. The highest BCUT2D eigenvalue weighted by molar-refractivity contribution is 5.54. The van der Waals surface area contributed by atoms with E-state index in [1.165, 1.54) is 17.3 Å². The van der Waals surface area contributed by atoms with Crippen molar-refractivity contribution in [3.8, 4) is 5.75 Å². The zero-order valence-corrected chi connectivity index (χ0v) is 11.1. The number of phenolic OH excluding ortho intramolecular Hbond substituents is 1. The lowest BCUT2D eigenvalue weighted by Gasteiger charge is -2.24. The minimum atomic E-state index is -0.402. The van der Waals surface area contributed by atoms with E-state index >= 15 is 0 Å². The van der Waals surface area contributed by atoms with Crippen LogP contribution < -0.4 is 10.2 Å². The number of rotatable bonds is 2. The van der Waals surface area contributed by atoms with Gasteiger partial charge in [0.2, 0.25) is 0 Å². The predicted molar refractivity (Wildman–Crippen MR) is 77.3 cm³/mol. The van der Waals surface area contributed by atoms with Crippen LogP contribution in [0, 0.1) is 5.82 Å². The third-order valence-corrected chi connectivity index (χ3v) is 3.52. The second-order valence-electron chi connectivity index (χ2n) is 5.04. The lowest BCUT2D eigenvalue weighted by molar-refractivity contribution is 0.468. The van der Waals surface area contributed by atoms with E-state index in [0.717, 1.165) is 31.3 Å². The monoisotopic (exact) mass is 272 g/mol. The Balaban J connectivity index is 1.90. The molecule has 0 spiro atoms. The van der Waals surface area contributed by atoms with Crippen LogP contribution >= 0.6 is 0 Å². The Labute approximate surface area is 117 Å². The van der Waals surface area contributed by atoms with E-state index in [1.807, 2.05) is 12.1 Å². The summed E-state index contributed by atoms with van der Waals surface area (Å²) in [5.74, 6) is -0.428. The molecule has 1 aliphatic heterocycles. The smallest absolute Gasteiger partial charge is 0.127 e. The Morgan fingerprint density at radius 2 is 2.05 bits per heavy atom. The number of anilines is 1. The average Bonchev–Trinajstić information content (AvgIpc) is 2.61. The SMILES string of the molecule is Oc1cc(F)cc(CN2CCNCc3ccccc32)c1. The lowest BCUT2D eigenvalue weighted by Crippen LogP contribution is -2.28. The molecule has 0 aromatic heterocycles. The molecule has 0 saturated heterocycles. The molecular formula is C16H17FN2O. The average molecular weight is 272 g/mol. The van der Waals surface area contributed by atoms with Gasteiger partial charge in [0.1, 0.15) is 11.6 Å². The topological polar surface area (TPSA) is 35.5 Å². The largest absolute Gasteiger partial charge is 0.508 e. The van der Waals surface area contributed by atoms with Gasteiger partial charge in [0.05, 0.1) is 0 Å². The summed E-state index contributed by atoms with van der Waals surface area (Å²) < 4.78 is 13.4. The van der Waals surface area contributed by atoms with Gasteiger partial charge in [0, 0.05) is 37.9 Å². The van der Waals surface area contributed by atoms with E-state index in [0.29, 0.717) is 6.54 Å². The number of para-hydroxylation sites is 1. The summed E-state index contributed by atoms with van der Waals surface area (Å²) in [5, 5.41) is 12.9. The van der Waals surface area contributed by atoms with Gasteiger partial charge in [0.15, 0.2) is 0 Å². The summed E-state index contributed by atoms with van der Waals surface area (Å²) in [6, 6.07) is 12.4. The first-order chi connectivity index (χ1) is 9.72. The van der Waals surface area contributed by atoms with Crippen LogP contribution in [-0.4, -0.2) is 18.2 Å². The molecule has 0 unspecified atom stereocenters. The van der Waals surface area contributed by atoms with Crippen molar-refractivity contribution >= 4 is 5.69 Å². The van der Waals surface area contributed by atoms with Crippen LogP contribution in [0.3, 0.4) is 0 Å². The van der Waals surface area contributed by atoms with Gasteiger partial charge in [-0.25, -0.2) is 4.39 Å². The van der Waals surface area contributed by atoms with E-state index in [9.17, 15) is 9.50 Å². The van der Waals surface area contributed by atoms with Crippen LogP contribution in [0.15, 0.2) is 42.5 Å². The number of fused-ring (bicyclic) bond motifs is 1. The van der Waals surface area contributed by atoms with Crippen LogP contribution in [0.5, 0.6) is 5.75 Å². The maximum Gasteiger partial charge on any atom is 0.127 e. The highest BCUT2D eigenvalue weighted by Crippen LogP contribution is 2.25. The van der Waals surface area contributed by atoms with Gasteiger partial charge in [-0.3, -0.25) is 0 Å². The third-order valence-electron chi connectivity index (χ3n) is 3.52. The summed E-state index contributed by atoms with van der Waals surface area (Å²) in [5.41, 5.74) is 3.19. The number of nitrogens with one attached hydrogen (secondary N) is 1. The van der Waals surface area contributed by atoms with Gasteiger partial charge in [-0.1, -0.05) is 18.2 Å². The van der Waals surface area contributed by atoms with Crippen LogP contribution in [0.1, 0.15) is 11.1 Å². The second kappa shape index (κ2) is 5.51. The molecule has 0 atom stereocenters. The number of hydrogen-bond donors (Lipinski definition) is 2. The van der Waals surface area contributed by atoms with Crippen molar-refractivity contribution in [1.29, 1.82) is 0 Å². The van der Waals surface area contributed by atoms with E-state index in [-0.39, 0.29) is 5.75 Å². The number of benzene rings is 2. The molecule has 0 saturated carbocycles. The molecule has 2 N–H and O–H groups in total. The molecule has 1 heterocycles. The maximum absolute atomic E-state index is 13.4. The summed E-state index contributed by atoms with van der Waals surface area (Å²) >= 11 is 0. The van der Waals surface area contributed by atoms with Crippen LogP contribution in [0.2, 0.25) is 0 Å². The first-order valence-corrected chi connectivity index (χ1v) is 6.74. The second-order valence-corrected chi connectivity index (χ2v) is 5.04. The molecule has 0 radical (unpaired) electrons. The number of hydrogen-bond acceptors (Lipinski definition) is 3. The standard InChI is InChI=1S/C16H17FN2O/c17-14-7-12(8-15(20)9-14)11-19-6-5-18-10-13-3-1-2-4-16(13)19/h1-4,7-9,18,20H,5-6,10-11H2. The molecule has 0 fully saturated rings. The van der Waals surface area contributed by atoms with Crippen molar-refractivity contribution in [2.75, 3.05) is 18.0 Å². The van der Waals surface area contributed by atoms with E-state index in [4.69, 9.17) is 0 Å². The summed E-state index contributed by atoms with van der Waals surface area (Å²) in [6.45, 7) is 3.18. The minimum absolute atomic E-state index is 0.0266. The number of aromatic hydroxyl groups is 1. The first kappa shape index (κ1) is 12.9. The van der Waals surface area contributed by atoms with Crippen LogP contribution in [0.25, 0.3) is 0 Å². The Morgan fingerprint density at radius 1 is 1.20 bits per heavy atom. The maximum atomic E-state index is 13.4. The van der Waals surface area contributed by atoms with Crippen molar-refractivity contribution in [1.82, 2.24) is 5.32 Å². The molecule has 0 bridgehead atoms. The van der Waals surface area contributed by atoms with Gasteiger partial charge in [-0.15, -0.1) is 0 Å². The van der Waals surface area contributed by atoms with Crippen LogP contribution in [0.4, 0.5) is 10.1 Å². The molecule has 2 aromatic rings. The molecule has 2 aromatic carbocycles. The lowest BCUT2D eigenvalue weighted by atomic mass is 10.1. The van der Waals surface area contributed by atoms with Crippen LogP contribution in [-0.2, 0) is 13.1 Å². The highest BCUT2D eigenvalue weighted by Gasteiger charge is 2.15. The molecule has 1 aliphatic rings. The molecule has 3 rings (SSSR count). The zero-order chi connectivity index (χ0) is 13.9. The summed E-state index contributed by atoms with van der Waals surface area (Å²) in [6.07, 6.45) is 0. The Morgan fingerprint density at radius 3 is 2.90 bits per heavy atom. The van der Waals surface area contributed by atoms with Gasteiger partial charge < -0.3 is 15.3 Å². The first-order valence-electron chi connectivity index (χ1n) is 6.74. The Bertz CT molecular complexity index is 595. The molecule has 0 aliphatic carbocycles. The zero-order valence-electron chi connectivity index (χ0n) is 11.1.